The summed E-state index contributed by atoms with van der Waals surface area (Å²) in [4.78, 5) is 3.79. The van der Waals surface area contributed by atoms with E-state index in [4.69, 9.17) is 12.2 Å². The highest BCUT2D eigenvalue weighted by molar-refractivity contribution is 7.80. The number of anilines is 1. The number of benzene rings is 1. The molecule has 1 aliphatic rings. The van der Waals surface area contributed by atoms with Crippen molar-refractivity contribution in [2.75, 3.05) is 5.32 Å². The molecule has 1 N–H and O–H groups in total. The Labute approximate surface area is 154 Å². The van der Waals surface area contributed by atoms with Gasteiger partial charge < -0.3 is 10.2 Å². The quantitative estimate of drug-likeness (QED) is 0.676. The highest BCUT2D eigenvalue weighted by Crippen LogP contribution is 2.26. The molecule has 3 rings (SSSR count). The highest BCUT2D eigenvalue weighted by Gasteiger charge is 2.23. The molecular formula is C20H26N2S2. The molecule has 128 valence electrons. The monoisotopic (exact) mass is 358 g/mol. The fourth-order valence-electron chi connectivity index (χ4n) is 3.35. The summed E-state index contributed by atoms with van der Waals surface area (Å²) in [5, 5.41) is 6.47. The van der Waals surface area contributed by atoms with Gasteiger partial charge in [0.2, 0.25) is 0 Å². The molecule has 4 heteroatoms. The Kier molecular flexibility index (Phi) is 6.27. The van der Waals surface area contributed by atoms with Crippen molar-refractivity contribution in [1.29, 1.82) is 0 Å². The van der Waals surface area contributed by atoms with Crippen molar-refractivity contribution in [3.05, 3.63) is 52.2 Å². The lowest BCUT2D eigenvalue weighted by Crippen LogP contribution is -2.43. The molecule has 0 bridgehead atoms. The van der Waals surface area contributed by atoms with Crippen LogP contribution in [0.25, 0.3) is 0 Å². The number of hydrogen-bond donors (Lipinski definition) is 1. The van der Waals surface area contributed by atoms with Crippen molar-refractivity contribution in [3.63, 3.8) is 0 Å². The summed E-state index contributed by atoms with van der Waals surface area (Å²) in [5.41, 5.74) is 2.44. The van der Waals surface area contributed by atoms with Gasteiger partial charge in [-0.2, -0.15) is 0 Å². The van der Waals surface area contributed by atoms with Crippen LogP contribution in [0.1, 0.15) is 49.5 Å². The topological polar surface area (TPSA) is 15.3 Å². The maximum Gasteiger partial charge on any atom is 0.174 e. The molecule has 1 aliphatic carbocycles. The molecule has 2 aromatic rings. The summed E-state index contributed by atoms with van der Waals surface area (Å²) in [7, 11) is 0. The van der Waals surface area contributed by atoms with Crippen molar-refractivity contribution < 1.29 is 0 Å². The number of thiophene rings is 1. The summed E-state index contributed by atoms with van der Waals surface area (Å²) < 4.78 is 0. The largest absolute Gasteiger partial charge is 0.341 e. The average Bonchev–Trinajstić information content (AvgIpc) is 3.14. The van der Waals surface area contributed by atoms with Gasteiger partial charge in [0.15, 0.2) is 5.11 Å². The third-order valence-electron chi connectivity index (χ3n) is 4.80. The molecule has 1 fully saturated rings. The van der Waals surface area contributed by atoms with E-state index in [1.807, 2.05) is 11.3 Å². The van der Waals surface area contributed by atoms with Gasteiger partial charge in [0, 0.05) is 16.6 Å². The van der Waals surface area contributed by atoms with Gasteiger partial charge in [0.25, 0.3) is 0 Å². The van der Waals surface area contributed by atoms with Crippen LogP contribution in [0, 0.1) is 0 Å². The zero-order chi connectivity index (χ0) is 16.8. The Bertz CT molecular complexity index is 628. The minimum Gasteiger partial charge on any atom is -0.341 e. The molecule has 1 aromatic heterocycles. The molecule has 24 heavy (non-hydrogen) atoms. The van der Waals surface area contributed by atoms with Gasteiger partial charge in [-0.3, -0.25) is 0 Å². The summed E-state index contributed by atoms with van der Waals surface area (Å²) in [6, 6.07) is 13.5. The molecule has 0 amide bonds. The fraction of sp³-hybridized carbons (Fsp3) is 0.450. The Morgan fingerprint density at radius 3 is 2.54 bits per heavy atom. The van der Waals surface area contributed by atoms with E-state index in [0.29, 0.717) is 6.04 Å². The van der Waals surface area contributed by atoms with Crippen molar-refractivity contribution in [2.24, 2.45) is 0 Å². The van der Waals surface area contributed by atoms with Crippen LogP contribution < -0.4 is 5.32 Å². The molecule has 1 saturated carbocycles. The molecule has 0 spiro atoms. The predicted octanol–water partition coefficient (Wildman–Crippen LogP) is 5.84. The SMILES string of the molecule is CCc1ccc(NC(=S)N(Cc2cccs2)C2CCCCC2)cc1. The van der Waals surface area contributed by atoms with E-state index >= 15 is 0 Å². The van der Waals surface area contributed by atoms with Crippen LogP contribution in [0.15, 0.2) is 41.8 Å². The van der Waals surface area contributed by atoms with Crippen LogP contribution in [0.4, 0.5) is 5.69 Å². The lowest BCUT2D eigenvalue weighted by atomic mass is 9.94. The number of aryl methyl sites for hydroxylation is 1. The van der Waals surface area contributed by atoms with E-state index in [-0.39, 0.29) is 0 Å². The summed E-state index contributed by atoms with van der Waals surface area (Å²) in [5.74, 6) is 0. The molecule has 1 aromatic carbocycles. The highest BCUT2D eigenvalue weighted by atomic mass is 32.1. The molecule has 0 unspecified atom stereocenters. The van der Waals surface area contributed by atoms with Crippen molar-refractivity contribution in [2.45, 2.75) is 58.0 Å². The maximum atomic E-state index is 5.79. The zero-order valence-corrected chi connectivity index (χ0v) is 16.0. The number of nitrogens with one attached hydrogen (secondary N) is 1. The van der Waals surface area contributed by atoms with E-state index in [2.05, 4.69) is 58.9 Å². The molecule has 0 radical (unpaired) electrons. The zero-order valence-electron chi connectivity index (χ0n) is 14.3. The van der Waals surface area contributed by atoms with Gasteiger partial charge >= 0.3 is 0 Å². The van der Waals surface area contributed by atoms with Gasteiger partial charge in [-0.15, -0.1) is 11.3 Å². The maximum absolute atomic E-state index is 5.79. The van der Waals surface area contributed by atoms with Gasteiger partial charge in [-0.05, 0) is 60.6 Å². The van der Waals surface area contributed by atoms with Crippen LogP contribution in [0.3, 0.4) is 0 Å². The first kappa shape index (κ1) is 17.4. The number of thiocarbonyl (C=S) groups is 1. The Balaban J connectivity index is 1.71. The minimum atomic E-state index is 0.566. The Morgan fingerprint density at radius 1 is 1.17 bits per heavy atom. The first-order valence-electron chi connectivity index (χ1n) is 8.95. The van der Waals surface area contributed by atoms with Crippen molar-refractivity contribution in [1.82, 2.24) is 4.90 Å². The molecule has 1 heterocycles. The fourth-order valence-corrected chi connectivity index (χ4v) is 4.38. The smallest absolute Gasteiger partial charge is 0.174 e. The minimum absolute atomic E-state index is 0.566. The van der Waals surface area contributed by atoms with E-state index in [0.717, 1.165) is 23.8 Å². The third kappa shape index (κ3) is 4.58. The number of rotatable bonds is 5. The van der Waals surface area contributed by atoms with Crippen LogP contribution in [0.2, 0.25) is 0 Å². The van der Waals surface area contributed by atoms with E-state index in [9.17, 15) is 0 Å². The van der Waals surface area contributed by atoms with E-state index in [1.165, 1.54) is 42.5 Å². The lowest BCUT2D eigenvalue weighted by molar-refractivity contribution is 0.242. The molecule has 2 nitrogen and oxygen atoms in total. The Morgan fingerprint density at radius 2 is 1.92 bits per heavy atom. The lowest BCUT2D eigenvalue weighted by Gasteiger charge is -2.36. The second-order valence-electron chi connectivity index (χ2n) is 6.48. The van der Waals surface area contributed by atoms with Gasteiger partial charge in [-0.1, -0.05) is 44.4 Å². The van der Waals surface area contributed by atoms with Crippen LogP contribution in [0.5, 0.6) is 0 Å². The molecule has 0 saturated heterocycles. The van der Waals surface area contributed by atoms with Gasteiger partial charge in [0.05, 0.1) is 6.54 Å². The molecule has 0 aliphatic heterocycles. The summed E-state index contributed by atoms with van der Waals surface area (Å²) in [6.45, 7) is 3.10. The van der Waals surface area contributed by atoms with Crippen molar-refractivity contribution in [3.8, 4) is 0 Å². The van der Waals surface area contributed by atoms with E-state index in [1.54, 1.807) is 0 Å². The van der Waals surface area contributed by atoms with Gasteiger partial charge in [-0.25, -0.2) is 0 Å². The summed E-state index contributed by atoms with van der Waals surface area (Å²) >= 11 is 7.61. The number of nitrogens with zero attached hydrogens (tertiary/aromatic N) is 1. The van der Waals surface area contributed by atoms with Crippen LogP contribution in [-0.4, -0.2) is 16.1 Å². The standard InChI is InChI=1S/C20H26N2S2/c1-2-16-10-12-17(13-11-16)21-20(23)22(15-19-9-6-14-24-19)18-7-4-3-5-8-18/h6,9-14,18H,2-5,7-8,15H2,1H3,(H,21,23). The van der Waals surface area contributed by atoms with Crippen molar-refractivity contribution >= 4 is 34.4 Å². The third-order valence-corrected chi connectivity index (χ3v) is 5.99. The molecular weight excluding hydrogens is 332 g/mol. The van der Waals surface area contributed by atoms with Gasteiger partial charge in [0.1, 0.15) is 0 Å². The number of hydrogen-bond acceptors (Lipinski definition) is 2. The van der Waals surface area contributed by atoms with Crippen LogP contribution in [-0.2, 0) is 13.0 Å². The summed E-state index contributed by atoms with van der Waals surface area (Å²) in [6.07, 6.45) is 7.57. The predicted molar refractivity (Wildman–Crippen MR) is 109 cm³/mol. The average molecular weight is 359 g/mol. The van der Waals surface area contributed by atoms with E-state index < -0.39 is 0 Å². The second kappa shape index (κ2) is 8.63. The first-order valence-corrected chi connectivity index (χ1v) is 10.2. The Hall–Kier alpha value is -1.39. The second-order valence-corrected chi connectivity index (χ2v) is 7.90. The van der Waals surface area contributed by atoms with Crippen LogP contribution >= 0.6 is 23.6 Å². The molecule has 0 atom stereocenters. The first-order chi connectivity index (χ1) is 11.8. The normalized spacial score (nSPS) is 15.2.